The van der Waals surface area contributed by atoms with Crippen LogP contribution in [0.4, 0.5) is 0 Å². The van der Waals surface area contributed by atoms with Gasteiger partial charge in [-0.2, -0.15) is 0 Å². The molecular formula is C19H20O5. The van der Waals surface area contributed by atoms with Gasteiger partial charge >= 0.3 is 5.97 Å². The number of rotatable bonds is 4. The Morgan fingerprint density at radius 1 is 1.21 bits per heavy atom. The molecule has 1 aliphatic heterocycles. The number of carbonyl (C=O) groups excluding carboxylic acids is 1. The minimum Gasteiger partial charge on any atom is -0.465 e. The van der Waals surface area contributed by atoms with Crippen LogP contribution >= 0.6 is 0 Å². The number of aliphatic hydroxyl groups is 1. The third kappa shape index (κ3) is 3.58. The number of esters is 1. The SMILES string of the molecule is COC(=O)c1cccc(-c2ccccc2OC2OCCCC2O)c1. The van der Waals surface area contributed by atoms with Gasteiger partial charge in [0, 0.05) is 5.56 Å². The van der Waals surface area contributed by atoms with Crippen LogP contribution in [0.2, 0.25) is 0 Å². The maximum atomic E-state index is 11.7. The summed E-state index contributed by atoms with van der Waals surface area (Å²) in [6.45, 7) is 0.571. The molecule has 1 fully saturated rings. The number of hydrogen-bond donors (Lipinski definition) is 1. The Bertz CT molecular complexity index is 712. The van der Waals surface area contributed by atoms with Crippen molar-refractivity contribution in [1.82, 2.24) is 0 Å². The molecule has 0 aliphatic carbocycles. The second kappa shape index (κ2) is 7.47. The first-order valence-electron chi connectivity index (χ1n) is 7.93. The summed E-state index contributed by atoms with van der Waals surface area (Å²) in [7, 11) is 1.36. The van der Waals surface area contributed by atoms with Crippen LogP contribution in [0.25, 0.3) is 11.1 Å². The molecule has 1 N–H and O–H groups in total. The van der Waals surface area contributed by atoms with Gasteiger partial charge in [-0.3, -0.25) is 0 Å². The van der Waals surface area contributed by atoms with E-state index in [1.54, 1.807) is 18.2 Å². The first-order valence-corrected chi connectivity index (χ1v) is 7.93. The minimum absolute atomic E-state index is 0.388. The van der Waals surface area contributed by atoms with Crippen molar-refractivity contribution in [3.8, 4) is 16.9 Å². The third-order valence-electron chi connectivity index (χ3n) is 3.97. The summed E-state index contributed by atoms with van der Waals surface area (Å²) in [5.41, 5.74) is 2.13. The average molecular weight is 328 g/mol. The molecule has 5 nitrogen and oxygen atoms in total. The highest BCUT2D eigenvalue weighted by Gasteiger charge is 2.26. The molecule has 5 heteroatoms. The van der Waals surface area contributed by atoms with Gasteiger partial charge in [0.25, 0.3) is 0 Å². The monoisotopic (exact) mass is 328 g/mol. The van der Waals surface area contributed by atoms with E-state index in [4.69, 9.17) is 14.2 Å². The van der Waals surface area contributed by atoms with Crippen LogP contribution in [0, 0.1) is 0 Å². The van der Waals surface area contributed by atoms with Crippen molar-refractivity contribution in [3.63, 3.8) is 0 Å². The molecule has 3 rings (SSSR count). The third-order valence-corrected chi connectivity index (χ3v) is 3.97. The van der Waals surface area contributed by atoms with Crippen molar-refractivity contribution in [2.75, 3.05) is 13.7 Å². The lowest BCUT2D eigenvalue weighted by molar-refractivity contribution is -0.169. The number of ether oxygens (including phenoxy) is 3. The van der Waals surface area contributed by atoms with Gasteiger partial charge in [-0.1, -0.05) is 30.3 Å². The molecule has 0 spiro atoms. The molecule has 1 saturated heterocycles. The maximum Gasteiger partial charge on any atom is 0.337 e. The fourth-order valence-electron chi connectivity index (χ4n) is 2.72. The summed E-state index contributed by atoms with van der Waals surface area (Å²) in [4.78, 5) is 11.7. The zero-order chi connectivity index (χ0) is 16.9. The van der Waals surface area contributed by atoms with Crippen molar-refractivity contribution in [2.24, 2.45) is 0 Å². The zero-order valence-corrected chi connectivity index (χ0v) is 13.5. The molecule has 0 amide bonds. The molecule has 0 bridgehead atoms. The summed E-state index contributed by atoms with van der Waals surface area (Å²) in [6.07, 6.45) is 0.158. The standard InChI is InChI=1S/C19H20O5/c1-22-18(21)14-7-4-6-13(12-14)15-8-2-3-10-17(15)24-19-16(20)9-5-11-23-19/h2-4,6-8,10,12,16,19-20H,5,9,11H2,1H3. The quantitative estimate of drug-likeness (QED) is 0.874. The summed E-state index contributed by atoms with van der Waals surface area (Å²) in [6, 6.07) is 14.6. The molecule has 24 heavy (non-hydrogen) atoms. The average Bonchev–Trinajstić information content (AvgIpc) is 2.63. The van der Waals surface area contributed by atoms with Crippen molar-refractivity contribution >= 4 is 5.97 Å². The highest BCUT2D eigenvalue weighted by molar-refractivity contribution is 5.91. The van der Waals surface area contributed by atoms with Gasteiger partial charge in [-0.25, -0.2) is 4.79 Å². The second-order valence-corrected chi connectivity index (χ2v) is 5.64. The van der Waals surface area contributed by atoms with Gasteiger partial charge in [0.2, 0.25) is 6.29 Å². The van der Waals surface area contributed by atoms with Crippen LogP contribution in [-0.2, 0) is 9.47 Å². The highest BCUT2D eigenvalue weighted by Crippen LogP contribution is 2.32. The van der Waals surface area contributed by atoms with Crippen molar-refractivity contribution in [2.45, 2.75) is 25.2 Å². The summed E-state index contributed by atoms with van der Waals surface area (Å²) in [5, 5.41) is 10.0. The summed E-state index contributed by atoms with van der Waals surface area (Å²) in [5.74, 6) is 0.215. The second-order valence-electron chi connectivity index (χ2n) is 5.64. The Morgan fingerprint density at radius 2 is 2.04 bits per heavy atom. The number of aliphatic hydroxyl groups excluding tert-OH is 1. The fraction of sp³-hybridized carbons (Fsp3) is 0.316. The van der Waals surface area contributed by atoms with Crippen molar-refractivity contribution in [1.29, 1.82) is 0 Å². The molecule has 2 atom stereocenters. The van der Waals surface area contributed by atoms with Crippen LogP contribution in [0.3, 0.4) is 0 Å². The Labute approximate surface area is 140 Å². The van der Waals surface area contributed by atoms with Crippen LogP contribution in [0.15, 0.2) is 48.5 Å². The zero-order valence-electron chi connectivity index (χ0n) is 13.5. The van der Waals surface area contributed by atoms with Crippen molar-refractivity contribution < 1.29 is 24.1 Å². The van der Waals surface area contributed by atoms with E-state index < -0.39 is 12.4 Å². The number of benzene rings is 2. The molecule has 2 unspecified atom stereocenters. The van der Waals surface area contributed by atoms with Crippen LogP contribution in [0.1, 0.15) is 23.2 Å². The van der Waals surface area contributed by atoms with E-state index in [1.807, 2.05) is 30.3 Å². The smallest absolute Gasteiger partial charge is 0.337 e. The molecule has 1 aliphatic rings. The summed E-state index contributed by atoms with van der Waals surface area (Å²) < 4.78 is 16.2. The molecule has 0 saturated carbocycles. The Kier molecular flexibility index (Phi) is 5.13. The Hall–Kier alpha value is -2.37. The molecular weight excluding hydrogens is 308 g/mol. The Balaban J connectivity index is 1.90. The summed E-state index contributed by atoms with van der Waals surface area (Å²) >= 11 is 0. The molecule has 1 heterocycles. The minimum atomic E-state index is -0.677. The van der Waals surface area contributed by atoms with Crippen LogP contribution in [-0.4, -0.2) is 37.2 Å². The van der Waals surface area contributed by atoms with Gasteiger partial charge in [-0.15, -0.1) is 0 Å². The molecule has 2 aromatic carbocycles. The van der Waals surface area contributed by atoms with Gasteiger partial charge < -0.3 is 19.3 Å². The first-order chi connectivity index (χ1) is 11.7. The normalized spacial score (nSPS) is 20.4. The number of methoxy groups -OCH3 is 1. The number of hydrogen-bond acceptors (Lipinski definition) is 5. The molecule has 2 aromatic rings. The van der Waals surface area contributed by atoms with Gasteiger partial charge in [-0.05, 0) is 36.6 Å². The van der Waals surface area contributed by atoms with E-state index in [-0.39, 0.29) is 5.97 Å². The molecule has 0 aromatic heterocycles. The van der Waals surface area contributed by atoms with E-state index >= 15 is 0 Å². The first kappa shape index (κ1) is 16.5. The predicted molar refractivity (Wildman–Crippen MR) is 88.8 cm³/mol. The number of carbonyl (C=O) groups is 1. The lowest BCUT2D eigenvalue weighted by atomic mass is 10.0. The van der Waals surface area contributed by atoms with E-state index in [9.17, 15) is 9.90 Å². The lowest BCUT2D eigenvalue weighted by Crippen LogP contribution is -2.38. The molecule has 126 valence electrons. The van der Waals surface area contributed by atoms with E-state index in [0.29, 0.717) is 24.3 Å². The molecule has 0 radical (unpaired) electrons. The predicted octanol–water partition coefficient (Wildman–Crippen LogP) is 3.02. The topological polar surface area (TPSA) is 65.0 Å². The van der Waals surface area contributed by atoms with E-state index in [1.165, 1.54) is 7.11 Å². The van der Waals surface area contributed by atoms with Crippen molar-refractivity contribution in [3.05, 3.63) is 54.1 Å². The van der Waals surface area contributed by atoms with E-state index in [0.717, 1.165) is 17.5 Å². The largest absolute Gasteiger partial charge is 0.465 e. The highest BCUT2D eigenvalue weighted by atomic mass is 16.7. The lowest BCUT2D eigenvalue weighted by Gasteiger charge is -2.29. The number of para-hydroxylation sites is 1. The fourth-order valence-corrected chi connectivity index (χ4v) is 2.72. The van der Waals surface area contributed by atoms with Crippen LogP contribution in [0.5, 0.6) is 5.75 Å². The van der Waals surface area contributed by atoms with Gasteiger partial charge in [0.1, 0.15) is 11.9 Å². The van der Waals surface area contributed by atoms with Gasteiger partial charge in [0.15, 0.2) is 0 Å². The van der Waals surface area contributed by atoms with Crippen LogP contribution < -0.4 is 4.74 Å². The maximum absolute atomic E-state index is 11.7. The van der Waals surface area contributed by atoms with E-state index in [2.05, 4.69) is 0 Å². The Morgan fingerprint density at radius 3 is 2.83 bits per heavy atom. The van der Waals surface area contributed by atoms with Gasteiger partial charge in [0.05, 0.1) is 19.3 Å².